The fourth-order valence-electron chi connectivity index (χ4n) is 4.09. The summed E-state index contributed by atoms with van der Waals surface area (Å²) in [4.78, 5) is 21.4. The van der Waals surface area contributed by atoms with Crippen molar-refractivity contribution in [3.8, 4) is 0 Å². The number of hydrogen-bond donors (Lipinski definition) is 0. The lowest BCUT2D eigenvalue weighted by Gasteiger charge is -2.34. The summed E-state index contributed by atoms with van der Waals surface area (Å²) in [6.07, 6.45) is -1.79. The zero-order valence-electron chi connectivity index (χ0n) is 17.4. The van der Waals surface area contributed by atoms with E-state index >= 15 is 0 Å². The summed E-state index contributed by atoms with van der Waals surface area (Å²) >= 11 is 12.2. The Balaban J connectivity index is 1.34. The minimum Gasteiger partial charge on any atom is -0.336 e. The molecule has 1 aliphatic carbocycles. The predicted molar refractivity (Wildman–Crippen MR) is 118 cm³/mol. The van der Waals surface area contributed by atoms with Crippen LogP contribution in [0.15, 0.2) is 30.5 Å². The van der Waals surface area contributed by atoms with Gasteiger partial charge in [-0.3, -0.25) is 9.69 Å². The second kappa shape index (κ2) is 8.45. The number of rotatable bonds is 4. The summed E-state index contributed by atoms with van der Waals surface area (Å²) in [6, 6.07) is 6.41. The lowest BCUT2D eigenvalue weighted by atomic mass is 10.2. The van der Waals surface area contributed by atoms with Gasteiger partial charge in [-0.25, -0.2) is 9.50 Å². The molecule has 0 radical (unpaired) electrons. The van der Waals surface area contributed by atoms with Crippen LogP contribution in [0.3, 0.4) is 0 Å². The first kappa shape index (κ1) is 22.4. The Bertz CT molecular complexity index is 1220. The summed E-state index contributed by atoms with van der Waals surface area (Å²) in [5.41, 5.74) is 0.469. The quantitative estimate of drug-likeness (QED) is 0.514. The molecule has 1 aliphatic heterocycles. The van der Waals surface area contributed by atoms with Crippen LogP contribution in [0, 0.1) is 0 Å². The van der Waals surface area contributed by atoms with Gasteiger partial charge in [0.25, 0.3) is 5.91 Å². The van der Waals surface area contributed by atoms with Crippen molar-refractivity contribution >= 4 is 34.8 Å². The summed E-state index contributed by atoms with van der Waals surface area (Å²) < 4.78 is 41.6. The van der Waals surface area contributed by atoms with E-state index in [-0.39, 0.29) is 23.0 Å². The molecule has 1 amide bonds. The molecule has 1 saturated heterocycles. The van der Waals surface area contributed by atoms with Crippen LogP contribution in [-0.4, -0.2) is 56.5 Å². The molecule has 0 unspecified atom stereocenters. The van der Waals surface area contributed by atoms with Gasteiger partial charge < -0.3 is 4.90 Å². The first-order chi connectivity index (χ1) is 15.7. The number of fused-ring (bicyclic) bond motifs is 1. The Morgan fingerprint density at radius 1 is 1.09 bits per heavy atom. The maximum atomic E-state index is 13.6. The van der Waals surface area contributed by atoms with Gasteiger partial charge in [0.1, 0.15) is 11.3 Å². The minimum atomic E-state index is -4.59. The highest BCUT2D eigenvalue weighted by Gasteiger charge is 2.38. The zero-order chi connectivity index (χ0) is 23.3. The molecular weight excluding hydrogens is 478 g/mol. The Labute approximate surface area is 197 Å². The third-order valence-electron chi connectivity index (χ3n) is 6.08. The van der Waals surface area contributed by atoms with Crippen LogP contribution in [0.5, 0.6) is 0 Å². The van der Waals surface area contributed by atoms with Gasteiger partial charge in [0.15, 0.2) is 5.65 Å². The van der Waals surface area contributed by atoms with E-state index < -0.39 is 11.9 Å². The van der Waals surface area contributed by atoms with Crippen molar-refractivity contribution in [1.29, 1.82) is 0 Å². The van der Waals surface area contributed by atoms with Gasteiger partial charge in [-0.05, 0) is 36.6 Å². The maximum absolute atomic E-state index is 13.6. The fraction of sp³-hybridized carbons (Fsp3) is 0.409. The molecule has 2 aliphatic rings. The van der Waals surface area contributed by atoms with E-state index in [1.165, 1.54) is 6.20 Å². The van der Waals surface area contributed by atoms with E-state index in [4.69, 9.17) is 23.2 Å². The number of aromatic nitrogens is 3. The topological polar surface area (TPSA) is 53.7 Å². The number of halogens is 5. The van der Waals surface area contributed by atoms with Gasteiger partial charge in [-0.15, -0.1) is 0 Å². The van der Waals surface area contributed by atoms with Crippen molar-refractivity contribution in [2.45, 2.75) is 31.5 Å². The van der Waals surface area contributed by atoms with E-state index in [0.717, 1.165) is 29.0 Å². The van der Waals surface area contributed by atoms with Crippen LogP contribution in [0.4, 0.5) is 13.2 Å². The zero-order valence-corrected chi connectivity index (χ0v) is 19.0. The van der Waals surface area contributed by atoms with E-state index in [1.54, 1.807) is 17.0 Å². The molecule has 5 rings (SSSR count). The van der Waals surface area contributed by atoms with Gasteiger partial charge >= 0.3 is 6.18 Å². The van der Waals surface area contributed by atoms with Crippen molar-refractivity contribution in [3.05, 3.63) is 63.0 Å². The molecule has 33 heavy (non-hydrogen) atoms. The number of benzene rings is 1. The lowest BCUT2D eigenvalue weighted by Crippen LogP contribution is -2.48. The first-order valence-corrected chi connectivity index (χ1v) is 11.4. The van der Waals surface area contributed by atoms with Gasteiger partial charge in [0, 0.05) is 54.4 Å². The van der Waals surface area contributed by atoms with E-state index in [2.05, 4.69) is 15.0 Å². The number of hydrogen-bond acceptors (Lipinski definition) is 4. The monoisotopic (exact) mass is 497 g/mol. The molecule has 1 saturated carbocycles. The summed E-state index contributed by atoms with van der Waals surface area (Å²) in [5, 5.41) is 5.02. The van der Waals surface area contributed by atoms with Crippen LogP contribution in [-0.2, 0) is 12.7 Å². The number of nitrogens with zero attached hydrogens (tertiary/aromatic N) is 5. The minimum absolute atomic E-state index is 0.0113. The number of carbonyl (C=O) groups excluding carboxylic acids is 1. The SMILES string of the molecule is O=C(c1cnn2c(C(F)(F)F)cc(C3CC3)nc12)N1CCN(Cc2ccc(Cl)cc2Cl)CC1. The second-order valence-electron chi connectivity index (χ2n) is 8.44. The van der Waals surface area contributed by atoms with Crippen molar-refractivity contribution in [3.63, 3.8) is 0 Å². The molecule has 0 N–H and O–H groups in total. The Kier molecular flexibility index (Phi) is 5.74. The molecule has 0 atom stereocenters. The largest absolute Gasteiger partial charge is 0.433 e. The summed E-state index contributed by atoms with van der Waals surface area (Å²) in [7, 11) is 0. The molecule has 174 valence electrons. The molecule has 2 aromatic heterocycles. The van der Waals surface area contributed by atoms with Crippen LogP contribution in [0.2, 0.25) is 10.0 Å². The van der Waals surface area contributed by atoms with Crippen LogP contribution < -0.4 is 0 Å². The Morgan fingerprint density at radius 3 is 2.45 bits per heavy atom. The highest BCUT2D eigenvalue weighted by Crippen LogP contribution is 2.41. The lowest BCUT2D eigenvalue weighted by molar-refractivity contribution is -0.142. The van der Waals surface area contributed by atoms with E-state index in [9.17, 15) is 18.0 Å². The first-order valence-electron chi connectivity index (χ1n) is 10.6. The average molecular weight is 498 g/mol. The summed E-state index contributed by atoms with van der Waals surface area (Å²) in [6.45, 7) is 2.72. The van der Waals surface area contributed by atoms with Crippen molar-refractivity contribution in [1.82, 2.24) is 24.4 Å². The van der Waals surface area contributed by atoms with Gasteiger partial charge in [0.2, 0.25) is 0 Å². The number of carbonyl (C=O) groups is 1. The van der Waals surface area contributed by atoms with Gasteiger partial charge in [0.05, 0.1) is 6.20 Å². The highest BCUT2D eigenvalue weighted by atomic mass is 35.5. The van der Waals surface area contributed by atoms with Gasteiger partial charge in [-0.2, -0.15) is 18.3 Å². The number of amides is 1. The maximum Gasteiger partial charge on any atom is 0.433 e. The summed E-state index contributed by atoms with van der Waals surface area (Å²) in [5.74, 6) is -0.347. The molecule has 0 bridgehead atoms. The van der Waals surface area contributed by atoms with Crippen molar-refractivity contribution < 1.29 is 18.0 Å². The second-order valence-corrected chi connectivity index (χ2v) is 9.28. The van der Waals surface area contributed by atoms with Crippen LogP contribution >= 0.6 is 23.2 Å². The van der Waals surface area contributed by atoms with Crippen LogP contribution in [0.25, 0.3) is 5.65 Å². The number of piperazine rings is 1. The normalized spacial score (nSPS) is 17.7. The molecule has 2 fully saturated rings. The third-order valence-corrected chi connectivity index (χ3v) is 6.66. The average Bonchev–Trinajstić information content (AvgIpc) is 3.54. The predicted octanol–water partition coefficient (Wildman–Crippen LogP) is 4.89. The number of alkyl halides is 3. The Hall–Kier alpha value is -2.36. The van der Waals surface area contributed by atoms with Crippen molar-refractivity contribution in [2.75, 3.05) is 26.2 Å². The molecule has 6 nitrogen and oxygen atoms in total. The van der Waals surface area contributed by atoms with E-state index in [0.29, 0.717) is 48.5 Å². The molecule has 1 aromatic carbocycles. The standard InChI is InChI=1S/C22H20Cl2F3N5O/c23-15-4-3-14(17(24)9-15)12-30-5-7-31(8-6-30)21(33)16-11-28-32-19(22(25,26)27)10-18(13-1-2-13)29-20(16)32/h3-4,9-11,13H,1-2,5-8,12H2. The molecular formula is C22H20Cl2F3N5O. The van der Waals surface area contributed by atoms with Gasteiger partial charge in [-0.1, -0.05) is 29.3 Å². The molecule has 3 aromatic rings. The van der Waals surface area contributed by atoms with Crippen molar-refractivity contribution in [2.24, 2.45) is 0 Å². The van der Waals surface area contributed by atoms with E-state index in [1.807, 2.05) is 6.07 Å². The fourth-order valence-corrected chi connectivity index (χ4v) is 4.56. The Morgan fingerprint density at radius 2 is 1.82 bits per heavy atom. The molecule has 0 spiro atoms. The smallest absolute Gasteiger partial charge is 0.336 e. The highest BCUT2D eigenvalue weighted by molar-refractivity contribution is 6.35. The third kappa shape index (κ3) is 4.54. The molecule has 3 heterocycles. The molecule has 11 heteroatoms. The van der Waals surface area contributed by atoms with Crippen LogP contribution in [0.1, 0.15) is 46.1 Å².